The monoisotopic (exact) mass is 208 g/mol. The molecule has 0 radical (unpaired) electrons. The van der Waals surface area contributed by atoms with Crippen molar-refractivity contribution in [3.8, 4) is 6.07 Å². The fourth-order valence-electron chi connectivity index (χ4n) is 1.96. The molecule has 0 aromatic heterocycles. The van der Waals surface area contributed by atoms with Gasteiger partial charge in [0.25, 0.3) is 0 Å². The Balaban J connectivity index is 2.40. The molecule has 1 N–H and O–H groups in total. The molecule has 2 atom stereocenters. The standard InChI is InChI=1S/C13H24N2/c1-10(2)13(3,4)9-15-12-7-5-6-11(12)8-14/h10-12,15H,5-7,9H2,1-4H3. The number of hydrogen-bond donors (Lipinski definition) is 1. The first kappa shape index (κ1) is 12.5. The van der Waals surface area contributed by atoms with Gasteiger partial charge < -0.3 is 5.32 Å². The summed E-state index contributed by atoms with van der Waals surface area (Å²) in [6.07, 6.45) is 3.46. The van der Waals surface area contributed by atoms with Crippen molar-refractivity contribution >= 4 is 0 Å². The number of nitrogens with zero attached hydrogens (tertiary/aromatic N) is 1. The predicted molar refractivity (Wildman–Crippen MR) is 63.4 cm³/mol. The molecule has 1 fully saturated rings. The van der Waals surface area contributed by atoms with Gasteiger partial charge in [0, 0.05) is 12.6 Å². The Morgan fingerprint density at radius 1 is 1.40 bits per heavy atom. The van der Waals surface area contributed by atoms with E-state index < -0.39 is 0 Å². The van der Waals surface area contributed by atoms with Crippen LogP contribution in [0.1, 0.15) is 47.0 Å². The van der Waals surface area contributed by atoms with Crippen LogP contribution in [0.3, 0.4) is 0 Å². The van der Waals surface area contributed by atoms with Crippen LogP contribution in [-0.2, 0) is 0 Å². The van der Waals surface area contributed by atoms with Gasteiger partial charge in [-0.15, -0.1) is 0 Å². The summed E-state index contributed by atoms with van der Waals surface area (Å²) in [5, 5.41) is 12.6. The van der Waals surface area contributed by atoms with Crippen molar-refractivity contribution in [1.82, 2.24) is 5.32 Å². The van der Waals surface area contributed by atoms with Gasteiger partial charge in [0.2, 0.25) is 0 Å². The molecular formula is C13H24N2. The highest BCUT2D eigenvalue weighted by Gasteiger charge is 2.29. The van der Waals surface area contributed by atoms with Crippen molar-refractivity contribution < 1.29 is 0 Å². The molecular weight excluding hydrogens is 184 g/mol. The SMILES string of the molecule is CC(C)C(C)(C)CNC1CCCC1C#N. The van der Waals surface area contributed by atoms with Crippen LogP contribution in [0.2, 0.25) is 0 Å². The molecule has 0 amide bonds. The fourth-order valence-corrected chi connectivity index (χ4v) is 1.96. The van der Waals surface area contributed by atoms with Gasteiger partial charge in [-0.1, -0.05) is 34.1 Å². The summed E-state index contributed by atoms with van der Waals surface area (Å²) in [6, 6.07) is 2.85. The Bertz CT molecular complexity index is 237. The molecule has 1 saturated carbocycles. The van der Waals surface area contributed by atoms with E-state index in [4.69, 9.17) is 5.26 Å². The third-order valence-electron chi connectivity index (χ3n) is 4.06. The molecule has 1 aliphatic carbocycles. The van der Waals surface area contributed by atoms with Gasteiger partial charge in [0.05, 0.1) is 12.0 Å². The predicted octanol–water partition coefficient (Wildman–Crippen LogP) is 2.95. The van der Waals surface area contributed by atoms with Gasteiger partial charge in [-0.05, 0) is 24.2 Å². The fraction of sp³-hybridized carbons (Fsp3) is 0.923. The second kappa shape index (κ2) is 4.99. The normalized spacial score (nSPS) is 26.9. The van der Waals surface area contributed by atoms with E-state index in [1.54, 1.807) is 0 Å². The van der Waals surface area contributed by atoms with E-state index in [9.17, 15) is 0 Å². The summed E-state index contributed by atoms with van der Waals surface area (Å²) in [5.41, 5.74) is 0.322. The molecule has 0 aromatic carbocycles. The average molecular weight is 208 g/mol. The van der Waals surface area contributed by atoms with Crippen LogP contribution >= 0.6 is 0 Å². The lowest BCUT2D eigenvalue weighted by molar-refractivity contribution is 0.224. The van der Waals surface area contributed by atoms with E-state index in [1.807, 2.05) is 0 Å². The van der Waals surface area contributed by atoms with Crippen LogP contribution in [-0.4, -0.2) is 12.6 Å². The molecule has 2 nitrogen and oxygen atoms in total. The zero-order valence-electron chi connectivity index (χ0n) is 10.5. The summed E-state index contributed by atoms with van der Waals surface area (Å²) >= 11 is 0. The van der Waals surface area contributed by atoms with E-state index in [1.165, 1.54) is 12.8 Å². The van der Waals surface area contributed by atoms with Crippen LogP contribution in [0.5, 0.6) is 0 Å². The third-order valence-corrected chi connectivity index (χ3v) is 4.06. The quantitative estimate of drug-likeness (QED) is 0.771. The largest absolute Gasteiger partial charge is 0.312 e. The van der Waals surface area contributed by atoms with E-state index in [0.717, 1.165) is 13.0 Å². The van der Waals surface area contributed by atoms with Crippen molar-refractivity contribution in [3.63, 3.8) is 0 Å². The number of hydrogen-bond acceptors (Lipinski definition) is 2. The van der Waals surface area contributed by atoms with Crippen LogP contribution in [0.4, 0.5) is 0 Å². The third kappa shape index (κ3) is 3.21. The van der Waals surface area contributed by atoms with Crippen LogP contribution in [0.15, 0.2) is 0 Å². The van der Waals surface area contributed by atoms with E-state index in [2.05, 4.69) is 39.1 Å². The maximum absolute atomic E-state index is 8.99. The Hall–Kier alpha value is -0.550. The number of nitrogens with one attached hydrogen (secondary N) is 1. The molecule has 15 heavy (non-hydrogen) atoms. The summed E-state index contributed by atoms with van der Waals surface area (Å²) in [5.74, 6) is 0.917. The first-order valence-corrected chi connectivity index (χ1v) is 6.10. The Morgan fingerprint density at radius 2 is 2.07 bits per heavy atom. The molecule has 2 heteroatoms. The molecule has 2 unspecified atom stereocenters. The summed E-state index contributed by atoms with van der Waals surface area (Å²) < 4.78 is 0. The van der Waals surface area contributed by atoms with Gasteiger partial charge in [-0.3, -0.25) is 0 Å². The first-order chi connectivity index (χ1) is 6.97. The molecule has 0 saturated heterocycles. The highest BCUT2D eigenvalue weighted by Crippen LogP contribution is 2.28. The lowest BCUT2D eigenvalue weighted by Crippen LogP contribution is -2.40. The lowest BCUT2D eigenvalue weighted by Gasteiger charge is -2.31. The van der Waals surface area contributed by atoms with Crippen LogP contribution in [0, 0.1) is 28.6 Å². The molecule has 1 rings (SSSR count). The van der Waals surface area contributed by atoms with E-state index >= 15 is 0 Å². The lowest BCUT2D eigenvalue weighted by atomic mass is 9.81. The Labute approximate surface area is 94.1 Å². The zero-order chi connectivity index (χ0) is 11.5. The van der Waals surface area contributed by atoms with Crippen molar-refractivity contribution in [2.24, 2.45) is 17.3 Å². The minimum Gasteiger partial charge on any atom is -0.312 e. The maximum atomic E-state index is 8.99. The summed E-state index contributed by atoms with van der Waals surface area (Å²) in [6.45, 7) is 10.1. The molecule has 1 aliphatic rings. The first-order valence-electron chi connectivity index (χ1n) is 6.10. The highest BCUT2D eigenvalue weighted by molar-refractivity contribution is 4.97. The Kier molecular flexibility index (Phi) is 4.16. The van der Waals surface area contributed by atoms with Crippen LogP contribution in [0.25, 0.3) is 0 Å². The molecule has 0 spiro atoms. The van der Waals surface area contributed by atoms with Crippen molar-refractivity contribution in [2.45, 2.75) is 53.0 Å². The topological polar surface area (TPSA) is 35.8 Å². The smallest absolute Gasteiger partial charge is 0.0672 e. The summed E-state index contributed by atoms with van der Waals surface area (Å²) in [4.78, 5) is 0. The van der Waals surface area contributed by atoms with E-state index in [0.29, 0.717) is 17.4 Å². The summed E-state index contributed by atoms with van der Waals surface area (Å²) in [7, 11) is 0. The van der Waals surface area contributed by atoms with E-state index in [-0.39, 0.29) is 5.92 Å². The van der Waals surface area contributed by atoms with Crippen molar-refractivity contribution in [3.05, 3.63) is 0 Å². The van der Waals surface area contributed by atoms with Gasteiger partial charge in [0.15, 0.2) is 0 Å². The van der Waals surface area contributed by atoms with Crippen molar-refractivity contribution in [1.29, 1.82) is 5.26 Å². The number of rotatable bonds is 4. The van der Waals surface area contributed by atoms with Gasteiger partial charge >= 0.3 is 0 Å². The zero-order valence-corrected chi connectivity index (χ0v) is 10.5. The van der Waals surface area contributed by atoms with Gasteiger partial charge in [-0.25, -0.2) is 0 Å². The van der Waals surface area contributed by atoms with Gasteiger partial charge in [-0.2, -0.15) is 5.26 Å². The van der Waals surface area contributed by atoms with Crippen molar-refractivity contribution in [2.75, 3.05) is 6.54 Å². The van der Waals surface area contributed by atoms with Crippen LogP contribution < -0.4 is 5.32 Å². The molecule has 0 heterocycles. The second-order valence-electron chi connectivity index (χ2n) is 5.80. The second-order valence-corrected chi connectivity index (χ2v) is 5.80. The molecule has 0 bridgehead atoms. The molecule has 86 valence electrons. The minimum atomic E-state index is 0.243. The maximum Gasteiger partial charge on any atom is 0.0672 e. The average Bonchev–Trinajstić information content (AvgIpc) is 2.61. The number of nitriles is 1. The Morgan fingerprint density at radius 3 is 2.60 bits per heavy atom. The molecule has 0 aromatic rings. The minimum absolute atomic E-state index is 0.243. The molecule has 0 aliphatic heterocycles. The van der Waals surface area contributed by atoms with Gasteiger partial charge in [0.1, 0.15) is 0 Å². The highest BCUT2D eigenvalue weighted by atomic mass is 14.9.